The number of piperidine rings is 1. The van der Waals surface area contributed by atoms with Crippen LogP contribution in [0.15, 0.2) is 0 Å². The van der Waals surface area contributed by atoms with E-state index in [9.17, 15) is 4.79 Å². The van der Waals surface area contributed by atoms with Crippen LogP contribution in [-0.2, 0) is 4.74 Å². The van der Waals surface area contributed by atoms with Crippen LogP contribution in [0.25, 0.3) is 0 Å². The van der Waals surface area contributed by atoms with Crippen molar-refractivity contribution in [3.63, 3.8) is 0 Å². The van der Waals surface area contributed by atoms with E-state index in [-0.39, 0.29) is 11.5 Å². The molecule has 0 aliphatic carbocycles. The van der Waals surface area contributed by atoms with Crippen LogP contribution in [-0.4, -0.2) is 68.3 Å². The third-order valence-electron chi connectivity index (χ3n) is 4.35. The standard InChI is InChI=1S/C13H25N3O2/c1-13(2)4-7-16(12(17)18-3)10-11(13)15-8-5-14-6-9-15/h11,14H,4-10H2,1-3H3. The second-order valence-electron chi connectivity index (χ2n) is 5.96. The number of methoxy groups -OCH3 is 1. The summed E-state index contributed by atoms with van der Waals surface area (Å²) in [5.74, 6) is 0. The second kappa shape index (κ2) is 5.45. The summed E-state index contributed by atoms with van der Waals surface area (Å²) in [7, 11) is 1.46. The fourth-order valence-corrected chi connectivity index (χ4v) is 3.04. The average molecular weight is 255 g/mol. The Labute approximate surface area is 109 Å². The molecule has 0 aromatic carbocycles. The quantitative estimate of drug-likeness (QED) is 0.751. The predicted molar refractivity (Wildman–Crippen MR) is 70.6 cm³/mol. The van der Waals surface area contributed by atoms with Gasteiger partial charge in [-0.2, -0.15) is 0 Å². The van der Waals surface area contributed by atoms with E-state index in [0.717, 1.165) is 45.7 Å². The molecule has 2 aliphatic rings. The lowest BCUT2D eigenvalue weighted by Gasteiger charge is -2.49. The number of nitrogens with zero attached hydrogens (tertiary/aromatic N) is 2. The molecule has 104 valence electrons. The maximum Gasteiger partial charge on any atom is 0.409 e. The molecule has 0 radical (unpaired) electrons. The van der Waals surface area contributed by atoms with Crippen LogP contribution in [0.4, 0.5) is 4.79 Å². The van der Waals surface area contributed by atoms with Gasteiger partial charge in [-0.3, -0.25) is 4.90 Å². The summed E-state index contributed by atoms with van der Waals surface area (Å²) in [5.41, 5.74) is 0.266. The highest BCUT2D eigenvalue weighted by molar-refractivity contribution is 5.67. The van der Waals surface area contributed by atoms with E-state index >= 15 is 0 Å². The molecule has 1 unspecified atom stereocenters. The number of likely N-dealkylation sites (tertiary alicyclic amines) is 1. The average Bonchev–Trinajstić information content (AvgIpc) is 2.38. The third-order valence-corrected chi connectivity index (χ3v) is 4.35. The summed E-state index contributed by atoms with van der Waals surface area (Å²) in [6.07, 6.45) is 0.849. The zero-order valence-electron chi connectivity index (χ0n) is 11.7. The molecule has 1 atom stereocenters. The van der Waals surface area contributed by atoms with Crippen LogP contribution < -0.4 is 5.32 Å². The van der Waals surface area contributed by atoms with Gasteiger partial charge in [0.25, 0.3) is 0 Å². The Balaban J connectivity index is 2.05. The maximum atomic E-state index is 11.7. The first-order valence-electron chi connectivity index (χ1n) is 6.82. The molecule has 2 saturated heterocycles. The van der Waals surface area contributed by atoms with E-state index in [4.69, 9.17) is 4.74 Å². The van der Waals surface area contributed by atoms with Crippen molar-refractivity contribution in [1.29, 1.82) is 0 Å². The smallest absolute Gasteiger partial charge is 0.409 e. The summed E-state index contributed by atoms with van der Waals surface area (Å²) in [4.78, 5) is 16.0. The number of carbonyl (C=O) groups is 1. The molecule has 1 amide bonds. The van der Waals surface area contributed by atoms with Crippen molar-refractivity contribution in [2.45, 2.75) is 26.3 Å². The molecule has 0 saturated carbocycles. The SMILES string of the molecule is COC(=O)N1CCC(C)(C)C(N2CCNCC2)C1. The van der Waals surface area contributed by atoms with E-state index in [1.54, 1.807) is 0 Å². The second-order valence-corrected chi connectivity index (χ2v) is 5.96. The molecule has 18 heavy (non-hydrogen) atoms. The summed E-state index contributed by atoms with van der Waals surface area (Å²) in [6, 6.07) is 0.437. The monoisotopic (exact) mass is 255 g/mol. The Kier molecular flexibility index (Phi) is 4.12. The van der Waals surface area contributed by atoms with Gasteiger partial charge in [0.15, 0.2) is 0 Å². The number of nitrogens with one attached hydrogen (secondary N) is 1. The molecule has 0 bridgehead atoms. The Morgan fingerprint density at radius 2 is 1.94 bits per heavy atom. The largest absolute Gasteiger partial charge is 0.453 e. The molecule has 2 aliphatic heterocycles. The van der Waals surface area contributed by atoms with E-state index in [1.165, 1.54) is 7.11 Å². The summed E-state index contributed by atoms with van der Waals surface area (Å²) >= 11 is 0. The minimum Gasteiger partial charge on any atom is -0.453 e. The highest BCUT2D eigenvalue weighted by Crippen LogP contribution is 2.34. The number of hydrogen-bond acceptors (Lipinski definition) is 4. The normalized spacial score (nSPS) is 29.1. The zero-order valence-corrected chi connectivity index (χ0v) is 11.7. The fourth-order valence-electron chi connectivity index (χ4n) is 3.04. The van der Waals surface area contributed by atoms with E-state index in [1.807, 2.05) is 4.90 Å². The van der Waals surface area contributed by atoms with E-state index in [2.05, 4.69) is 24.1 Å². The van der Waals surface area contributed by atoms with Gasteiger partial charge in [0.2, 0.25) is 0 Å². The Morgan fingerprint density at radius 1 is 1.28 bits per heavy atom. The van der Waals surface area contributed by atoms with Gasteiger partial charge in [-0.25, -0.2) is 4.79 Å². The number of amides is 1. The van der Waals surface area contributed by atoms with Gasteiger partial charge in [-0.05, 0) is 11.8 Å². The number of rotatable bonds is 1. The molecule has 2 heterocycles. The number of ether oxygens (including phenoxy) is 1. The lowest BCUT2D eigenvalue weighted by Crippen LogP contribution is -2.61. The van der Waals surface area contributed by atoms with Crippen LogP contribution >= 0.6 is 0 Å². The highest BCUT2D eigenvalue weighted by atomic mass is 16.5. The zero-order chi connectivity index (χ0) is 13.2. The van der Waals surface area contributed by atoms with Gasteiger partial charge < -0.3 is 15.0 Å². The molecule has 1 N–H and O–H groups in total. The van der Waals surface area contributed by atoms with Crippen molar-refractivity contribution in [3.05, 3.63) is 0 Å². The van der Waals surface area contributed by atoms with E-state index in [0.29, 0.717) is 6.04 Å². The first-order valence-corrected chi connectivity index (χ1v) is 6.82. The van der Waals surface area contributed by atoms with Gasteiger partial charge in [0.05, 0.1) is 7.11 Å². The molecule has 5 nitrogen and oxygen atoms in total. The van der Waals surface area contributed by atoms with Crippen molar-refractivity contribution in [2.24, 2.45) is 5.41 Å². The summed E-state index contributed by atoms with van der Waals surface area (Å²) in [5, 5.41) is 3.38. The number of carbonyl (C=O) groups excluding carboxylic acids is 1. The Bertz CT molecular complexity index is 301. The van der Waals surface area contributed by atoms with Gasteiger partial charge in [-0.15, -0.1) is 0 Å². The van der Waals surface area contributed by atoms with Gasteiger partial charge >= 0.3 is 6.09 Å². The molecule has 2 fully saturated rings. The molecule has 0 spiro atoms. The minimum atomic E-state index is -0.189. The van der Waals surface area contributed by atoms with Gasteiger partial charge in [-0.1, -0.05) is 13.8 Å². The van der Waals surface area contributed by atoms with Crippen LogP contribution in [0, 0.1) is 5.41 Å². The molecular weight excluding hydrogens is 230 g/mol. The topological polar surface area (TPSA) is 44.8 Å². The maximum absolute atomic E-state index is 11.7. The number of hydrogen-bond donors (Lipinski definition) is 1. The molecule has 0 aromatic rings. The lowest BCUT2D eigenvalue weighted by atomic mass is 9.77. The Morgan fingerprint density at radius 3 is 2.56 bits per heavy atom. The van der Waals surface area contributed by atoms with Crippen LogP contribution in [0.5, 0.6) is 0 Å². The fraction of sp³-hybridized carbons (Fsp3) is 0.923. The molecule has 2 rings (SSSR count). The van der Waals surface area contributed by atoms with E-state index < -0.39 is 0 Å². The highest BCUT2D eigenvalue weighted by Gasteiger charge is 2.40. The van der Waals surface area contributed by atoms with Crippen molar-refractivity contribution in [1.82, 2.24) is 15.1 Å². The van der Waals surface area contributed by atoms with Crippen molar-refractivity contribution in [2.75, 3.05) is 46.4 Å². The Hall–Kier alpha value is -0.810. The van der Waals surface area contributed by atoms with Crippen molar-refractivity contribution < 1.29 is 9.53 Å². The predicted octanol–water partition coefficient (Wildman–Crippen LogP) is 0.759. The summed E-state index contributed by atoms with van der Waals surface area (Å²) in [6.45, 7) is 10.5. The molecule has 0 aromatic heterocycles. The van der Waals surface area contributed by atoms with Gasteiger partial charge in [0, 0.05) is 45.3 Å². The number of piperazine rings is 1. The summed E-state index contributed by atoms with van der Waals surface area (Å²) < 4.78 is 4.85. The minimum absolute atomic E-state index is 0.189. The van der Waals surface area contributed by atoms with Gasteiger partial charge in [0.1, 0.15) is 0 Å². The third kappa shape index (κ3) is 2.78. The van der Waals surface area contributed by atoms with Crippen LogP contribution in [0.2, 0.25) is 0 Å². The lowest BCUT2D eigenvalue weighted by molar-refractivity contribution is 0.00239. The van der Waals surface area contributed by atoms with Crippen LogP contribution in [0.3, 0.4) is 0 Å². The van der Waals surface area contributed by atoms with Crippen molar-refractivity contribution in [3.8, 4) is 0 Å². The first kappa shape index (κ1) is 13.6. The first-order chi connectivity index (χ1) is 8.54. The van der Waals surface area contributed by atoms with Crippen molar-refractivity contribution >= 4 is 6.09 Å². The molecular formula is C13H25N3O2. The molecule has 5 heteroatoms. The van der Waals surface area contributed by atoms with Crippen LogP contribution in [0.1, 0.15) is 20.3 Å².